The molecular weight excluding hydrogens is 392 g/mol. The zero-order valence-electron chi connectivity index (χ0n) is 9.93. The zero-order chi connectivity index (χ0) is 14.1. The van der Waals surface area contributed by atoms with Crippen LogP contribution in [0.2, 0.25) is 0 Å². The molecule has 0 aromatic heterocycles. The summed E-state index contributed by atoms with van der Waals surface area (Å²) in [5.74, 6) is -1.09. The molecule has 1 aliphatic rings. The summed E-state index contributed by atoms with van der Waals surface area (Å²) in [4.78, 5) is 12.1. The summed E-state index contributed by atoms with van der Waals surface area (Å²) in [5.41, 5.74) is 1.96. The molecule has 0 saturated carbocycles. The molecule has 0 saturated heterocycles. The van der Waals surface area contributed by atoms with Gasteiger partial charge in [-0.05, 0) is 0 Å². The van der Waals surface area contributed by atoms with Crippen LogP contribution in [0.15, 0.2) is 48.8 Å². The summed E-state index contributed by atoms with van der Waals surface area (Å²) in [6.07, 6.45) is 0. The summed E-state index contributed by atoms with van der Waals surface area (Å²) in [5, 5.41) is 2.68. The molecule has 0 atom stereocenters. The van der Waals surface area contributed by atoms with Crippen molar-refractivity contribution < 1.29 is 9.18 Å². The standard InChI is InChI=1S/C13H7BrFN3OSe/c14-8-4-1-3-7(11(8)15)13(19)16-9-5-2-6-10-12(9)18-20-17-10/h1-6H,(H,16,19). The first kappa shape index (κ1) is 13.4. The number of nitrogens with one attached hydrogen (secondary N) is 1. The Kier molecular flexibility index (Phi) is 3.65. The third-order valence-corrected chi connectivity index (χ3v) is 4.48. The Labute approximate surface area is 128 Å². The summed E-state index contributed by atoms with van der Waals surface area (Å²) in [6.45, 7) is 0. The number of halogens is 2. The van der Waals surface area contributed by atoms with Crippen LogP contribution in [0.3, 0.4) is 0 Å². The van der Waals surface area contributed by atoms with Crippen molar-refractivity contribution in [3.63, 3.8) is 0 Å². The monoisotopic (exact) mass is 399 g/mol. The number of benzene rings is 2. The Morgan fingerprint density at radius 3 is 2.85 bits per heavy atom. The van der Waals surface area contributed by atoms with Gasteiger partial charge in [0, 0.05) is 0 Å². The number of nitrogens with zero attached hydrogens (tertiary/aromatic N) is 2. The molecule has 0 radical (unpaired) electrons. The van der Waals surface area contributed by atoms with Gasteiger partial charge in [-0.25, -0.2) is 0 Å². The summed E-state index contributed by atoms with van der Waals surface area (Å²) in [7, 11) is 0. The topological polar surface area (TPSA) is 53.8 Å². The number of hydrogen-bond acceptors (Lipinski definition) is 3. The van der Waals surface area contributed by atoms with Crippen molar-refractivity contribution in [3.8, 4) is 0 Å². The van der Waals surface area contributed by atoms with Gasteiger partial charge >= 0.3 is 128 Å². The molecule has 1 amide bonds. The predicted octanol–water partition coefficient (Wildman–Crippen LogP) is 4.19. The van der Waals surface area contributed by atoms with Crippen molar-refractivity contribution >= 4 is 53.5 Å². The molecule has 20 heavy (non-hydrogen) atoms. The molecule has 2 aromatic carbocycles. The summed E-state index contributed by atoms with van der Waals surface area (Å²) < 4.78 is 22.6. The van der Waals surface area contributed by atoms with Crippen molar-refractivity contribution in [2.45, 2.75) is 0 Å². The van der Waals surface area contributed by atoms with Crippen molar-refractivity contribution in [3.05, 3.63) is 52.3 Å². The molecule has 0 aliphatic carbocycles. The van der Waals surface area contributed by atoms with E-state index in [4.69, 9.17) is 0 Å². The number of amides is 1. The van der Waals surface area contributed by atoms with Crippen LogP contribution in [0.1, 0.15) is 10.4 Å². The van der Waals surface area contributed by atoms with E-state index in [-0.39, 0.29) is 24.6 Å². The van der Waals surface area contributed by atoms with Crippen LogP contribution < -0.4 is 5.32 Å². The Balaban J connectivity index is 1.93. The van der Waals surface area contributed by atoms with E-state index in [2.05, 4.69) is 29.2 Å². The minimum absolute atomic E-state index is 0.0163. The third kappa shape index (κ3) is 2.40. The van der Waals surface area contributed by atoms with E-state index in [1.54, 1.807) is 24.3 Å². The van der Waals surface area contributed by atoms with Gasteiger partial charge in [-0.15, -0.1) is 0 Å². The molecule has 0 unspecified atom stereocenters. The molecule has 0 spiro atoms. The van der Waals surface area contributed by atoms with Crippen LogP contribution in [0.25, 0.3) is 0 Å². The molecule has 0 fully saturated rings. The summed E-state index contributed by atoms with van der Waals surface area (Å²) >= 11 is 2.89. The van der Waals surface area contributed by atoms with Crippen LogP contribution >= 0.6 is 15.9 Å². The van der Waals surface area contributed by atoms with Crippen LogP contribution in [0.5, 0.6) is 0 Å². The molecule has 4 nitrogen and oxygen atoms in total. The molecule has 3 rings (SSSR count). The molecule has 2 aromatic rings. The number of hydrogen-bond donors (Lipinski definition) is 1. The normalized spacial score (nSPS) is 11.9. The molecule has 1 aliphatic heterocycles. The van der Waals surface area contributed by atoms with Crippen molar-refractivity contribution in [1.82, 2.24) is 0 Å². The van der Waals surface area contributed by atoms with E-state index in [1.807, 2.05) is 6.07 Å². The van der Waals surface area contributed by atoms with Crippen LogP contribution in [-0.4, -0.2) is 20.5 Å². The van der Waals surface area contributed by atoms with E-state index in [9.17, 15) is 9.18 Å². The van der Waals surface area contributed by atoms with E-state index >= 15 is 0 Å². The number of anilines is 1. The minimum atomic E-state index is -0.580. The van der Waals surface area contributed by atoms with Crippen molar-refractivity contribution in [1.29, 1.82) is 0 Å². The first-order chi connectivity index (χ1) is 9.66. The van der Waals surface area contributed by atoms with Gasteiger partial charge in [0.25, 0.3) is 0 Å². The van der Waals surface area contributed by atoms with Gasteiger partial charge in [-0.1, -0.05) is 0 Å². The van der Waals surface area contributed by atoms with Gasteiger partial charge in [-0.2, -0.15) is 0 Å². The average Bonchev–Trinajstić information content (AvgIpc) is 2.91. The van der Waals surface area contributed by atoms with Crippen LogP contribution in [0, 0.1) is 5.82 Å². The number of carbonyl (C=O) groups excluding carboxylic acids is 1. The van der Waals surface area contributed by atoms with E-state index < -0.39 is 11.7 Å². The average molecular weight is 399 g/mol. The number of carbonyl (C=O) groups is 1. The number of rotatable bonds is 2. The van der Waals surface area contributed by atoms with Gasteiger partial charge in [0.05, 0.1) is 0 Å². The van der Waals surface area contributed by atoms with E-state index in [0.29, 0.717) is 11.4 Å². The second kappa shape index (κ2) is 5.44. The van der Waals surface area contributed by atoms with Gasteiger partial charge < -0.3 is 0 Å². The van der Waals surface area contributed by atoms with Gasteiger partial charge in [0.1, 0.15) is 0 Å². The van der Waals surface area contributed by atoms with Crippen LogP contribution in [0.4, 0.5) is 21.5 Å². The molecular formula is C13H7BrFN3OSe. The first-order valence-corrected chi connectivity index (χ1v) is 7.96. The summed E-state index contributed by atoms with van der Waals surface area (Å²) in [6, 6.07) is 9.94. The SMILES string of the molecule is O=C(Nc1cccc2c1N=[Se]=N2)c1cccc(Br)c1F. The third-order valence-electron chi connectivity index (χ3n) is 2.73. The zero-order valence-corrected chi connectivity index (χ0v) is 13.2. The van der Waals surface area contributed by atoms with Gasteiger partial charge in [0.15, 0.2) is 0 Å². The fourth-order valence-corrected chi connectivity index (χ4v) is 3.30. The number of fused-ring (bicyclic) bond motifs is 1. The predicted molar refractivity (Wildman–Crippen MR) is 78.4 cm³/mol. The Hall–Kier alpha value is -1.56. The second-order valence-electron chi connectivity index (χ2n) is 3.99. The molecule has 1 N–H and O–H groups in total. The Morgan fingerprint density at radius 1 is 1.20 bits per heavy atom. The Bertz CT molecular complexity index is 787. The molecule has 1 heterocycles. The molecule has 0 bridgehead atoms. The molecule has 7 heteroatoms. The fourth-order valence-electron chi connectivity index (χ4n) is 1.78. The fraction of sp³-hybridized carbons (Fsp3) is 0. The van der Waals surface area contributed by atoms with E-state index in [0.717, 1.165) is 5.69 Å². The maximum absolute atomic E-state index is 13.9. The van der Waals surface area contributed by atoms with Crippen LogP contribution in [-0.2, 0) is 0 Å². The first-order valence-electron chi connectivity index (χ1n) is 5.63. The van der Waals surface area contributed by atoms with E-state index in [1.165, 1.54) is 6.07 Å². The van der Waals surface area contributed by atoms with Gasteiger partial charge in [0.2, 0.25) is 0 Å². The van der Waals surface area contributed by atoms with Crippen molar-refractivity contribution in [2.75, 3.05) is 5.32 Å². The Morgan fingerprint density at radius 2 is 2.00 bits per heavy atom. The quantitative estimate of drug-likeness (QED) is 0.646. The molecule has 100 valence electrons. The van der Waals surface area contributed by atoms with Gasteiger partial charge in [-0.3, -0.25) is 0 Å². The second-order valence-corrected chi connectivity index (χ2v) is 5.96. The van der Waals surface area contributed by atoms with Crippen molar-refractivity contribution in [2.24, 2.45) is 7.92 Å². The maximum atomic E-state index is 13.9.